The van der Waals surface area contributed by atoms with Gasteiger partial charge in [-0.25, -0.2) is 0 Å². The maximum atomic E-state index is 4.90. The Morgan fingerprint density at radius 3 is 1.50 bits per heavy atom. The minimum atomic E-state index is -1.20. The van der Waals surface area contributed by atoms with Gasteiger partial charge in [-0.15, -0.1) is 0 Å². The Bertz CT molecular complexity index is 567. The van der Waals surface area contributed by atoms with Gasteiger partial charge in [-0.2, -0.15) is 0 Å². The molecule has 1 nitrogen and oxygen atoms in total. The van der Waals surface area contributed by atoms with Gasteiger partial charge in [0.15, 0.2) is 0 Å². The van der Waals surface area contributed by atoms with Crippen molar-refractivity contribution in [2.24, 2.45) is 0 Å². The first-order valence-corrected chi connectivity index (χ1v) is 15.2. The summed E-state index contributed by atoms with van der Waals surface area (Å²) in [7, 11) is 0. The van der Waals surface area contributed by atoms with Crippen molar-refractivity contribution in [3.8, 4) is 0 Å². The summed E-state index contributed by atoms with van der Waals surface area (Å²) >= 11 is 8.27. The summed E-state index contributed by atoms with van der Waals surface area (Å²) in [5.41, 5.74) is 2.83. The van der Waals surface area contributed by atoms with Gasteiger partial charge in [0.05, 0.1) is 0 Å². The molecule has 0 aromatic heterocycles. The molecule has 2 aromatic rings. The van der Waals surface area contributed by atoms with Gasteiger partial charge in [-0.05, 0) is 25.9 Å². The molecular weight excluding hydrogens is 420 g/mol. The number of aryl methyl sites for hydroxylation is 2. The van der Waals surface area contributed by atoms with E-state index in [2.05, 4.69) is 94.9 Å². The van der Waals surface area contributed by atoms with Crippen molar-refractivity contribution in [2.75, 3.05) is 25.4 Å². The Morgan fingerprint density at radius 1 is 0.769 bits per heavy atom. The molecule has 4 heteroatoms. The zero-order chi connectivity index (χ0) is 19.1. The molecule has 0 bridgehead atoms. The van der Waals surface area contributed by atoms with E-state index in [9.17, 15) is 0 Å². The fourth-order valence-corrected chi connectivity index (χ4v) is 5.68. The Morgan fingerprint density at radius 2 is 1.15 bits per heavy atom. The van der Waals surface area contributed by atoms with E-state index in [-0.39, 0.29) is 0 Å². The first kappa shape index (κ1) is 23.7. The summed E-state index contributed by atoms with van der Waals surface area (Å²) in [6, 6.07) is 21.4. The molecule has 0 radical (unpaired) electrons. The first-order chi connectivity index (χ1) is 12.6. The summed E-state index contributed by atoms with van der Waals surface area (Å²) in [6.45, 7) is 6.72. The predicted octanol–water partition coefficient (Wildman–Crippen LogP) is 5.81. The molecule has 26 heavy (non-hydrogen) atoms. The van der Waals surface area contributed by atoms with Crippen LogP contribution >= 0.6 is 17.0 Å². The van der Waals surface area contributed by atoms with Crippen LogP contribution in [-0.4, -0.2) is 40.5 Å². The van der Waals surface area contributed by atoms with Crippen molar-refractivity contribution in [3.05, 3.63) is 71.8 Å². The van der Waals surface area contributed by atoms with Crippen LogP contribution < -0.4 is 5.32 Å². The molecular formula is C22H34NPSSe. The SMILES string of the molecule is CCCNCCC.SP(=[Se])(CCc1ccccc1)CCc1ccccc1. The fourth-order valence-electron chi connectivity index (χ4n) is 2.49. The molecule has 0 aliphatic carbocycles. The Hall–Kier alpha value is -0.301. The average Bonchev–Trinajstić information content (AvgIpc) is 2.68. The van der Waals surface area contributed by atoms with Crippen LogP contribution in [0.4, 0.5) is 0 Å². The molecule has 0 fully saturated rings. The van der Waals surface area contributed by atoms with E-state index >= 15 is 0 Å². The van der Waals surface area contributed by atoms with E-state index in [4.69, 9.17) is 12.2 Å². The molecule has 0 saturated carbocycles. The Kier molecular flexibility index (Phi) is 13.4. The Balaban J connectivity index is 0.000000412. The number of rotatable bonds is 10. The van der Waals surface area contributed by atoms with E-state index in [0.717, 1.165) is 12.8 Å². The van der Waals surface area contributed by atoms with Gasteiger partial charge in [-0.1, -0.05) is 13.8 Å². The fraction of sp³-hybridized carbons (Fsp3) is 0.455. The average molecular weight is 455 g/mol. The van der Waals surface area contributed by atoms with E-state index in [1.54, 1.807) is 0 Å². The van der Waals surface area contributed by atoms with Crippen LogP contribution in [0.25, 0.3) is 0 Å². The van der Waals surface area contributed by atoms with Gasteiger partial charge in [0.2, 0.25) is 0 Å². The second-order valence-electron chi connectivity index (χ2n) is 6.51. The van der Waals surface area contributed by atoms with Crippen LogP contribution in [0.1, 0.15) is 37.8 Å². The zero-order valence-corrected chi connectivity index (χ0v) is 19.7. The van der Waals surface area contributed by atoms with Crippen molar-refractivity contribution < 1.29 is 0 Å². The van der Waals surface area contributed by atoms with Crippen molar-refractivity contribution in [3.63, 3.8) is 0 Å². The van der Waals surface area contributed by atoms with Gasteiger partial charge in [0.1, 0.15) is 0 Å². The molecule has 0 heterocycles. The minimum absolute atomic E-state index is 1.12. The second-order valence-corrected chi connectivity index (χ2v) is 17.6. The molecule has 2 aromatic carbocycles. The third-order valence-corrected chi connectivity index (χ3v) is 9.38. The number of thiol groups is 1. The third-order valence-electron chi connectivity index (χ3n) is 4.04. The van der Waals surface area contributed by atoms with E-state index in [1.165, 1.54) is 49.4 Å². The van der Waals surface area contributed by atoms with Gasteiger partial charge < -0.3 is 5.32 Å². The van der Waals surface area contributed by atoms with Crippen LogP contribution in [0, 0.1) is 0 Å². The molecule has 144 valence electrons. The number of hydrogen-bond acceptors (Lipinski definition) is 2. The summed E-state index contributed by atoms with van der Waals surface area (Å²) in [4.78, 5) is 0. The molecule has 0 aliphatic heterocycles. The van der Waals surface area contributed by atoms with E-state index in [1.807, 2.05) is 0 Å². The number of hydrogen-bond donors (Lipinski definition) is 2. The first-order valence-electron chi connectivity index (χ1n) is 9.66. The van der Waals surface area contributed by atoms with Gasteiger partial charge in [0.25, 0.3) is 0 Å². The number of benzene rings is 2. The van der Waals surface area contributed by atoms with Crippen LogP contribution in [0.5, 0.6) is 0 Å². The molecule has 0 spiro atoms. The topological polar surface area (TPSA) is 12.0 Å². The molecule has 0 saturated heterocycles. The maximum absolute atomic E-state index is 4.90. The van der Waals surface area contributed by atoms with Crippen molar-refractivity contribution in [1.29, 1.82) is 0 Å². The molecule has 2 rings (SSSR count). The van der Waals surface area contributed by atoms with E-state index in [0.29, 0.717) is 0 Å². The van der Waals surface area contributed by atoms with Crippen molar-refractivity contribution in [2.45, 2.75) is 39.5 Å². The normalized spacial score (nSPS) is 10.9. The van der Waals surface area contributed by atoms with Gasteiger partial charge in [-0.3, -0.25) is 0 Å². The molecule has 0 atom stereocenters. The quantitative estimate of drug-likeness (QED) is 0.200. The summed E-state index contributed by atoms with van der Waals surface area (Å²) in [5.74, 6) is 0. The van der Waals surface area contributed by atoms with Gasteiger partial charge >= 0.3 is 129 Å². The van der Waals surface area contributed by atoms with E-state index < -0.39 is 4.71 Å². The standard InChI is InChI=1S/C16H19PSSe.C6H15N/c18-17(19,13-11-15-7-3-1-4-8-15)14-12-16-9-5-2-6-10-16;1-3-5-7-6-4-2/h1-10H,11-14H2,(H,18,19);7H,3-6H2,1-2H3. The van der Waals surface area contributed by atoms with Crippen molar-refractivity contribution in [1.82, 2.24) is 5.32 Å². The van der Waals surface area contributed by atoms with Crippen LogP contribution in [0.3, 0.4) is 0 Å². The predicted molar refractivity (Wildman–Crippen MR) is 125 cm³/mol. The Labute approximate surface area is 173 Å². The van der Waals surface area contributed by atoms with Gasteiger partial charge in [0, 0.05) is 0 Å². The molecule has 0 aliphatic rings. The summed E-state index contributed by atoms with van der Waals surface area (Å²) in [5, 5.41) is 3.28. The van der Waals surface area contributed by atoms with Crippen LogP contribution in [0.15, 0.2) is 60.7 Å². The third kappa shape index (κ3) is 12.2. The van der Waals surface area contributed by atoms with Crippen molar-refractivity contribution >= 4 is 32.1 Å². The monoisotopic (exact) mass is 455 g/mol. The zero-order valence-electron chi connectivity index (χ0n) is 16.2. The summed E-state index contributed by atoms with van der Waals surface area (Å²) in [6.07, 6.45) is 7.10. The van der Waals surface area contributed by atoms with Crippen LogP contribution in [0.2, 0.25) is 0 Å². The molecule has 0 unspecified atom stereocenters. The number of nitrogens with one attached hydrogen (secondary N) is 1. The molecule has 0 amide bonds. The summed E-state index contributed by atoms with van der Waals surface area (Å²) < 4.78 is -1.20. The second kappa shape index (κ2) is 14.7. The molecule has 1 N–H and O–H groups in total. The van der Waals surface area contributed by atoms with Crippen LogP contribution in [-0.2, 0) is 12.8 Å².